The molecular weight excluding hydrogens is 308 g/mol. The molecular formula is C17H24N4O3. The standard InChI is InChI=1S/C17H24N4O3/c1-3-19-9-4-7-17(16(19)24)8-10-20(12-17)15(23)11-21-14(22)6-5-13(2)18-21/h5-6H,3-4,7-12H2,1-2H3. The van der Waals surface area contributed by atoms with Gasteiger partial charge in [0.05, 0.1) is 11.1 Å². The van der Waals surface area contributed by atoms with Gasteiger partial charge in [0.25, 0.3) is 5.56 Å². The van der Waals surface area contributed by atoms with Crippen LogP contribution in [0.1, 0.15) is 31.9 Å². The first-order valence-electron chi connectivity index (χ1n) is 8.57. The SMILES string of the molecule is CCN1CCCC2(CCN(C(=O)Cn3nc(C)ccc3=O)C2)C1=O. The first-order chi connectivity index (χ1) is 11.4. The number of aryl methyl sites for hydroxylation is 1. The molecule has 1 spiro atoms. The zero-order chi connectivity index (χ0) is 17.3. The Morgan fingerprint density at radius 1 is 1.25 bits per heavy atom. The summed E-state index contributed by atoms with van der Waals surface area (Å²) in [5, 5.41) is 4.11. The average Bonchev–Trinajstić information content (AvgIpc) is 2.99. The van der Waals surface area contributed by atoms with E-state index in [2.05, 4.69) is 5.10 Å². The quantitative estimate of drug-likeness (QED) is 0.803. The lowest BCUT2D eigenvalue weighted by Gasteiger charge is -2.38. The van der Waals surface area contributed by atoms with E-state index in [1.54, 1.807) is 17.9 Å². The van der Waals surface area contributed by atoms with Gasteiger partial charge in [0.1, 0.15) is 6.54 Å². The van der Waals surface area contributed by atoms with E-state index >= 15 is 0 Å². The molecule has 0 saturated carbocycles. The largest absolute Gasteiger partial charge is 0.342 e. The molecule has 2 saturated heterocycles. The highest BCUT2D eigenvalue weighted by Crippen LogP contribution is 2.40. The second-order valence-corrected chi connectivity index (χ2v) is 6.80. The van der Waals surface area contributed by atoms with E-state index in [0.717, 1.165) is 25.9 Å². The molecule has 2 fully saturated rings. The van der Waals surface area contributed by atoms with E-state index in [0.29, 0.717) is 25.2 Å². The van der Waals surface area contributed by atoms with Crippen LogP contribution in [0.3, 0.4) is 0 Å². The summed E-state index contributed by atoms with van der Waals surface area (Å²) in [5.41, 5.74) is -0.00958. The van der Waals surface area contributed by atoms with Gasteiger partial charge in [0.15, 0.2) is 0 Å². The first-order valence-corrected chi connectivity index (χ1v) is 8.57. The predicted octanol–water partition coefficient (Wildman–Crippen LogP) is 0.413. The molecule has 0 radical (unpaired) electrons. The van der Waals surface area contributed by atoms with Crippen LogP contribution in [0.2, 0.25) is 0 Å². The number of carbonyl (C=O) groups excluding carboxylic acids is 2. The van der Waals surface area contributed by atoms with Crippen LogP contribution in [0, 0.1) is 12.3 Å². The van der Waals surface area contributed by atoms with Crippen molar-refractivity contribution < 1.29 is 9.59 Å². The Morgan fingerprint density at radius 2 is 2.04 bits per heavy atom. The number of hydrogen-bond acceptors (Lipinski definition) is 4. The van der Waals surface area contributed by atoms with E-state index in [4.69, 9.17) is 0 Å². The Kier molecular flexibility index (Phi) is 4.43. The number of aromatic nitrogens is 2. The Labute approximate surface area is 141 Å². The van der Waals surface area contributed by atoms with Crippen LogP contribution in [0.25, 0.3) is 0 Å². The maximum absolute atomic E-state index is 12.7. The normalized spacial score (nSPS) is 24.0. The van der Waals surface area contributed by atoms with Crippen molar-refractivity contribution >= 4 is 11.8 Å². The molecule has 2 aliphatic heterocycles. The van der Waals surface area contributed by atoms with Gasteiger partial charge in [-0.15, -0.1) is 0 Å². The second kappa shape index (κ2) is 6.37. The van der Waals surface area contributed by atoms with E-state index in [-0.39, 0.29) is 23.9 Å². The van der Waals surface area contributed by atoms with Crippen LogP contribution >= 0.6 is 0 Å². The summed E-state index contributed by atoms with van der Waals surface area (Å²) < 4.78 is 1.20. The van der Waals surface area contributed by atoms with Crippen LogP contribution in [0.5, 0.6) is 0 Å². The molecule has 1 atom stereocenters. The Morgan fingerprint density at radius 3 is 2.79 bits per heavy atom. The van der Waals surface area contributed by atoms with Crippen molar-refractivity contribution in [2.45, 2.75) is 39.7 Å². The molecule has 24 heavy (non-hydrogen) atoms. The molecule has 0 bridgehead atoms. The number of amides is 2. The van der Waals surface area contributed by atoms with Crippen molar-refractivity contribution in [1.82, 2.24) is 19.6 Å². The smallest absolute Gasteiger partial charge is 0.267 e. The van der Waals surface area contributed by atoms with Gasteiger partial charge in [-0.2, -0.15) is 5.10 Å². The summed E-state index contributed by atoms with van der Waals surface area (Å²) in [7, 11) is 0. The minimum Gasteiger partial charge on any atom is -0.342 e. The van der Waals surface area contributed by atoms with Crippen molar-refractivity contribution in [3.8, 4) is 0 Å². The Hall–Kier alpha value is -2.18. The van der Waals surface area contributed by atoms with Crippen LogP contribution in [0.4, 0.5) is 0 Å². The van der Waals surface area contributed by atoms with Crippen molar-refractivity contribution in [2.75, 3.05) is 26.2 Å². The summed E-state index contributed by atoms with van der Waals surface area (Å²) >= 11 is 0. The molecule has 130 valence electrons. The number of likely N-dealkylation sites (tertiary alicyclic amines) is 2. The topological polar surface area (TPSA) is 75.5 Å². The van der Waals surface area contributed by atoms with Gasteiger partial charge in [0.2, 0.25) is 11.8 Å². The van der Waals surface area contributed by atoms with Crippen LogP contribution in [0.15, 0.2) is 16.9 Å². The highest BCUT2D eigenvalue weighted by Gasteiger charge is 2.48. The minimum absolute atomic E-state index is 0.0672. The maximum atomic E-state index is 12.7. The van der Waals surface area contributed by atoms with Crippen molar-refractivity contribution in [3.05, 3.63) is 28.2 Å². The van der Waals surface area contributed by atoms with Gasteiger partial charge in [0, 0.05) is 32.2 Å². The second-order valence-electron chi connectivity index (χ2n) is 6.80. The van der Waals surface area contributed by atoms with E-state index < -0.39 is 5.41 Å². The summed E-state index contributed by atoms with van der Waals surface area (Å²) in [4.78, 5) is 40.7. The molecule has 3 heterocycles. The first kappa shape index (κ1) is 16.7. The molecule has 0 aromatic carbocycles. The average molecular weight is 332 g/mol. The lowest BCUT2D eigenvalue weighted by Crippen LogP contribution is -2.50. The zero-order valence-electron chi connectivity index (χ0n) is 14.3. The lowest BCUT2D eigenvalue weighted by molar-refractivity contribution is -0.145. The van der Waals surface area contributed by atoms with Crippen LogP contribution in [-0.4, -0.2) is 57.6 Å². The molecule has 3 rings (SSSR count). The molecule has 1 aromatic heterocycles. The van der Waals surface area contributed by atoms with Crippen molar-refractivity contribution in [1.29, 1.82) is 0 Å². The van der Waals surface area contributed by atoms with Crippen molar-refractivity contribution in [3.63, 3.8) is 0 Å². The van der Waals surface area contributed by atoms with Crippen LogP contribution < -0.4 is 5.56 Å². The number of carbonyl (C=O) groups is 2. The molecule has 7 heteroatoms. The van der Waals surface area contributed by atoms with Gasteiger partial charge in [-0.1, -0.05) is 0 Å². The predicted molar refractivity (Wildman–Crippen MR) is 88.4 cm³/mol. The Balaban J connectivity index is 1.71. The highest BCUT2D eigenvalue weighted by atomic mass is 16.2. The zero-order valence-corrected chi connectivity index (χ0v) is 14.3. The number of piperidine rings is 1. The number of rotatable bonds is 3. The van der Waals surface area contributed by atoms with Gasteiger partial charge in [-0.3, -0.25) is 14.4 Å². The van der Waals surface area contributed by atoms with Crippen molar-refractivity contribution in [2.24, 2.45) is 5.41 Å². The fourth-order valence-corrected chi connectivity index (χ4v) is 3.81. The van der Waals surface area contributed by atoms with E-state index in [1.165, 1.54) is 10.7 Å². The Bertz CT molecular complexity index is 714. The molecule has 2 aliphatic rings. The third kappa shape index (κ3) is 2.95. The molecule has 7 nitrogen and oxygen atoms in total. The van der Waals surface area contributed by atoms with Gasteiger partial charge < -0.3 is 9.80 Å². The number of hydrogen-bond donors (Lipinski definition) is 0. The molecule has 2 amide bonds. The lowest BCUT2D eigenvalue weighted by atomic mass is 9.78. The third-order valence-electron chi connectivity index (χ3n) is 5.20. The molecule has 1 aromatic rings. The summed E-state index contributed by atoms with van der Waals surface area (Å²) in [6, 6.07) is 3.05. The maximum Gasteiger partial charge on any atom is 0.267 e. The number of nitrogens with zero attached hydrogens (tertiary/aromatic N) is 4. The third-order valence-corrected chi connectivity index (χ3v) is 5.20. The fourth-order valence-electron chi connectivity index (χ4n) is 3.81. The van der Waals surface area contributed by atoms with E-state index in [9.17, 15) is 14.4 Å². The van der Waals surface area contributed by atoms with Gasteiger partial charge >= 0.3 is 0 Å². The van der Waals surface area contributed by atoms with Crippen LogP contribution in [-0.2, 0) is 16.1 Å². The minimum atomic E-state index is -0.422. The monoisotopic (exact) mass is 332 g/mol. The van der Waals surface area contributed by atoms with E-state index in [1.807, 2.05) is 11.8 Å². The van der Waals surface area contributed by atoms with Gasteiger partial charge in [-0.05, 0) is 39.2 Å². The summed E-state index contributed by atoms with van der Waals surface area (Å²) in [5.74, 6) is 0.0332. The highest BCUT2D eigenvalue weighted by molar-refractivity contribution is 5.86. The fraction of sp³-hybridized carbons (Fsp3) is 0.647. The van der Waals surface area contributed by atoms with Gasteiger partial charge in [-0.25, -0.2) is 4.68 Å². The molecule has 1 unspecified atom stereocenters. The molecule has 0 N–H and O–H groups in total. The summed E-state index contributed by atoms with van der Waals surface area (Å²) in [6.45, 7) is 6.27. The summed E-state index contributed by atoms with van der Waals surface area (Å²) in [6.07, 6.45) is 2.54. The molecule has 0 aliphatic carbocycles.